The molecule has 0 radical (unpaired) electrons. The largest absolute Gasteiger partial charge is 0.418 e. The minimum atomic E-state index is -4.48. The lowest BCUT2D eigenvalue weighted by Crippen LogP contribution is -2.24. The van der Waals surface area contributed by atoms with Crippen LogP contribution in [-0.4, -0.2) is 35.8 Å². The average Bonchev–Trinajstić information content (AvgIpc) is 3.36. The van der Waals surface area contributed by atoms with Crippen LogP contribution in [0.5, 0.6) is 0 Å². The number of anilines is 1. The molecule has 2 aromatic heterocycles. The van der Waals surface area contributed by atoms with E-state index in [1.54, 1.807) is 29.8 Å². The molecule has 0 saturated carbocycles. The maximum absolute atomic E-state index is 13.6. The Bertz CT molecular complexity index is 1320. The van der Waals surface area contributed by atoms with Gasteiger partial charge in [-0.25, -0.2) is 9.97 Å². The van der Waals surface area contributed by atoms with E-state index >= 15 is 0 Å². The molecule has 166 valence electrons. The van der Waals surface area contributed by atoms with Gasteiger partial charge in [0.05, 0.1) is 11.3 Å². The van der Waals surface area contributed by atoms with Crippen LogP contribution >= 0.6 is 0 Å². The van der Waals surface area contributed by atoms with Crippen LogP contribution in [0.25, 0.3) is 11.1 Å². The van der Waals surface area contributed by atoms with E-state index in [1.165, 1.54) is 23.5 Å². The number of benzene rings is 1. The highest BCUT2D eigenvalue weighted by molar-refractivity contribution is 5.72. The van der Waals surface area contributed by atoms with Gasteiger partial charge in [0.1, 0.15) is 24.3 Å². The number of hydrogen-bond donors (Lipinski definition) is 0. The van der Waals surface area contributed by atoms with Crippen LogP contribution in [0.2, 0.25) is 0 Å². The summed E-state index contributed by atoms with van der Waals surface area (Å²) >= 11 is 0. The fourth-order valence-corrected chi connectivity index (χ4v) is 3.83. The van der Waals surface area contributed by atoms with E-state index < -0.39 is 11.7 Å². The summed E-state index contributed by atoms with van der Waals surface area (Å²) in [7, 11) is 1.85. The number of rotatable bonds is 4. The van der Waals surface area contributed by atoms with Crippen molar-refractivity contribution in [2.24, 2.45) is 7.05 Å². The highest BCUT2D eigenvalue weighted by atomic mass is 19.4. The molecule has 7 nitrogen and oxygen atoms in total. The number of aromatic nitrogens is 5. The van der Waals surface area contributed by atoms with Gasteiger partial charge in [0.15, 0.2) is 0 Å². The first-order chi connectivity index (χ1) is 15.8. The molecule has 0 atom stereocenters. The summed E-state index contributed by atoms with van der Waals surface area (Å²) in [6.07, 6.45) is 7.89. The van der Waals surface area contributed by atoms with Crippen molar-refractivity contribution in [3.63, 3.8) is 0 Å². The van der Waals surface area contributed by atoms with Gasteiger partial charge in [-0.2, -0.15) is 13.2 Å². The first-order valence-corrected chi connectivity index (χ1v) is 9.99. The molecule has 0 unspecified atom stereocenters. The zero-order chi connectivity index (χ0) is 23.2. The lowest BCUT2D eigenvalue weighted by molar-refractivity contribution is -0.0908. The summed E-state index contributed by atoms with van der Waals surface area (Å²) in [5.74, 6) is 1.14. The van der Waals surface area contributed by atoms with Crippen molar-refractivity contribution in [1.82, 2.24) is 29.6 Å². The standard InChI is InChI=1S/C23H18F3N7/c1-15-32-5-3-4-20(23(24,25)26)21(32)12-33(15)19-7-16(8-22-30-29-14-31(22)2)6-17(9-19)18-10-27-13-28-11-18/h3-7,9-14H,1,8H2,2H3. The van der Waals surface area contributed by atoms with E-state index in [0.717, 1.165) is 28.6 Å². The number of fused-ring (bicyclic) bond motifs is 1. The first kappa shape index (κ1) is 20.7. The molecule has 3 aromatic rings. The molecule has 0 aliphatic carbocycles. The van der Waals surface area contributed by atoms with Gasteiger partial charge in [-0.1, -0.05) is 12.6 Å². The maximum Gasteiger partial charge on any atom is 0.418 e. The summed E-state index contributed by atoms with van der Waals surface area (Å²) in [5, 5.41) is 8.07. The van der Waals surface area contributed by atoms with Gasteiger partial charge in [0, 0.05) is 49.5 Å². The zero-order valence-electron chi connectivity index (χ0n) is 17.5. The summed E-state index contributed by atoms with van der Waals surface area (Å²) in [4.78, 5) is 11.3. The Morgan fingerprint density at radius 2 is 1.82 bits per heavy atom. The zero-order valence-corrected chi connectivity index (χ0v) is 17.5. The Morgan fingerprint density at radius 1 is 1.03 bits per heavy atom. The Hall–Kier alpha value is -4.21. The lowest BCUT2D eigenvalue weighted by atomic mass is 10.0. The van der Waals surface area contributed by atoms with E-state index in [4.69, 9.17) is 0 Å². The number of halogens is 3. The average molecular weight is 449 g/mol. The van der Waals surface area contributed by atoms with Crippen molar-refractivity contribution in [1.29, 1.82) is 0 Å². The third kappa shape index (κ3) is 3.79. The highest BCUT2D eigenvalue weighted by Crippen LogP contribution is 2.42. The second-order valence-corrected chi connectivity index (χ2v) is 7.64. The minimum Gasteiger partial charge on any atom is -0.320 e. The van der Waals surface area contributed by atoms with Crippen LogP contribution in [0.3, 0.4) is 0 Å². The molecular formula is C23H18F3N7. The number of hydrogen-bond acceptors (Lipinski definition) is 6. The molecule has 1 aromatic carbocycles. The molecule has 0 bridgehead atoms. The van der Waals surface area contributed by atoms with Crippen LogP contribution < -0.4 is 4.90 Å². The normalized spacial score (nSPS) is 15.6. The van der Waals surface area contributed by atoms with Crippen LogP contribution in [0.15, 0.2) is 91.5 Å². The summed E-state index contributed by atoms with van der Waals surface area (Å²) in [6.45, 7) is 4.04. The quantitative estimate of drug-likeness (QED) is 0.592. The Morgan fingerprint density at radius 3 is 2.52 bits per heavy atom. The van der Waals surface area contributed by atoms with Crippen molar-refractivity contribution in [3.05, 3.63) is 103 Å². The molecule has 2 aliphatic rings. The van der Waals surface area contributed by atoms with E-state index in [1.807, 2.05) is 29.8 Å². The van der Waals surface area contributed by atoms with Gasteiger partial charge >= 0.3 is 6.18 Å². The van der Waals surface area contributed by atoms with Gasteiger partial charge in [-0.15, -0.1) is 10.2 Å². The highest BCUT2D eigenvalue weighted by Gasteiger charge is 2.42. The molecule has 33 heavy (non-hydrogen) atoms. The van der Waals surface area contributed by atoms with E-state index in [-0.39, 0.29) is 5.70 Å². The topological polar surface area (TPSA) is 63.0 Å². The summed E-state index contributed by atoms with van der Waals surface area (Å²) in [6, 6.07) is 5.76. The second kappa shape index (κ2) is 7.73. The van der Waals surface area contributed by atoms with Crippen molar-refractivity contribution < 1.29 is 13.2 Å². The second-order valence-electron chi connectivity index (χ2n) is 7.64. The number of alkyl halides is 3. The van der Waals surface area contributed by atoms with Gasteiger partial charge < -0.3 is 14.4 Å². The molecule has 4 heterocycles. The molecule has 0 amide bonds. The van der Waals surface area contributed by atoms with Crippen molar-refractivity contribution in [2.75, 3.05) is 4.90 Å². The summed E-state index contributed by atoms with van der Waals surface area (Å²) < 4.78 is 42.6. The third-order valence-electron chi connectivity index (χ3n) is 5.46. The molecular weight excluding hydrogens is 431 g/mol. The van der Waals surface area contributed by atoms with Crippen LogP contribution in [-0.2, 0) is 13.5 Å². The molecule has 0 saturated heterocycles. The van der Waals surface area contributed by atoms with E-state index in [0.29, 0.717) is 17.9 Å². The van der Waals surface area contributed by atoms with Crippen LogP contribution in [0.1, 0.15) is 11.4 Å². The fourth-order valence-electron chi connectivity index (χ4n) is 3.83. The van der Waals surface area contributed by atoms with Crippen molar-refractivity contribution in [2.45, 2.75) is 12.6 Å². The van der Waals surface area contributed by atoms with Crippen LogP contribution in [0.4, 0.5) is 18.9 Å². The molecule has 0 N–H and O–H groups in total. The van der Waals surface area contributed by atoms with Gasteiger partial charge in [0.2, 0.25) is 0 Å². The van der Waals surface area contributed by atoms with Gasteiger partial charge in [-0.3, -0.25) is 0 Å². The predicted octanol–water partition coefficient (Wildman–Crippen LogP) is 4.31. The third-order valence-corrected chi connectivity index (χ3v) is 5.46. The van der Waals surface area contributed by atoms with Crippen molar-refractivity contribution in [3.8, 4) is 11.1 Å². The Labute approximate surface area is 187 Å². The van der Waals surface area contributed by atoms with E-state index in [2.05, 4.69) is 26.7 Å². The summed E-state index contributed by atoms with van der Waals surface area (Å²) in [5.41, 5.74) is 2.47. The molecule has 10 heteroatoms. The minimum absolute atomic E-state index is 0.0262. The molecule has 5 rings (SSSR count). The SMILES string of the molecule is C=C1N2C=CC=C(C(F)(F)F)C2=CN1c1cc(Cc2nncn2C)cc(-c2cncnc2)c1. The molecule has 0 fully saturated rings. The van der Waals surface area contributed by atoms with Gasteiger partial charge in [0.25, 0.3) is 0 Å². The van der Waals surface area contributed by atoms with E-state index in [9.17, 15) is 13.2 Å². The lowest BCUT2D eigenvalue weighted by Gasteiger charge is -2.26. The first-order valence-electron chi connectivity index (χ1n) is 9.99. The number of aryl methyl sites for hydroxylation is 1. The Kier molecular flexibility index (Phi) is 4.85. The van der Waals surface area contributed by atoms with Crippen molar-refractivity contribution >= 4 is 5.69 Å². The number of nitrogens with zero attached hydrogens (tertiary/aromatic N) is 7. The molecule has 0 spiro atoms. The monoisotopic (exact) mass is 449 g/mol. The maximum atomic E-state index is 13.6. The fraction of sp³-hybridized carbons (Fsp3) is 0.130. The van der Waals surface area contributed by atoms with Gasteiger partial charge in [-0.05, 0) is 35.4 Å². The smallest absolute Gasteiger partial charge is 0.320 e. The predicted molar refractivity (Wildman–Crippen MR) is 116 cm³/mol. The number of allylic oxidation sites excluding steroid dienone is 3. The van der Waals surface area contributed by atoms with Crippen LogP contribution in [0, 0.1) is 0 Å². The Balaban J connectivity index is 1.60. The molecule has 2 aliphatic heterocycles.